The molecule has 2 aromatic carbocycles. The van der Waals surface area contributed by atoms with Gasteiger partial charge < -0.3 is 9.15 Å². The average molecular weight is 285 g/mol. The number of hydrogen-bond acceptors (Lipinski definition) is 4. The Kier molecular flexibility index (Phi) is 3.35. The number of ether oxygens (including phenoxy) is 1. The van der Waals surface area contributed by atoms with E-state index in [2.05, 4.69) is 0 Å². The molecule has 0 radical (unpaired) electrons. The molecule has 1 unspecified atom stereocenters. The zero-order valence-electron chi connectivity index (χ0n) is 11.8. The van der Waals surface area contributed by atoms with Gasteiger partial charge in [-0.1, -0.05) is 25.1 Å². The van der Waals surface area contributed by atoms with Gasteiger partial charge in [0.15, 0.2) is 0 Å². The Labute approximate surface area is 121 Å². The van der Waals surface area contributed by atoms with E-state index in [0.29, 0.717) is 17.8 Å². The Bertz CT molecular complexity index is 822. The second kappa shape index (κ2) is 5.18. The summed E-state index contributed by atoms with van der Waals surface area (Å²) in [5, 5.41) is 13.2. The number of nitro groups is 1. The molecule has 108 valence electrons. The monoisotopic (exact) mass is 285 g/mol. The minimum Gasteiger partial charge on any atom is -0.456 e. The molecule has 0 amide bonds. The minimum atomic E-state index is -0.367. The molecule has 0 saturated carbocycles. The quantitative estimate of drug-likeness (QED) is 0.531. The van der Waals surface area contributed by atoms with Gasteiger partial charge in [-0.25, -0.2) is 0 Å². The molecule has 5 heteroatoms. The first-order valence-corrected chi connectivity index (χ1v) is 6.70. The van der Waals surface area contributed by atoms with E-state index in [9.17, 15) is 10.1 Å². The molecule has 0 aliphatic carbocycles. The van der Waals surface area contributed by atoms with Gasteiger partial charge in [0.05, 0.1) is 17.6 Å². The minimum absolute atomic E-state index is 0.0616. The fourth-order valence-electron chi connectivity index (χ4n) is 2.67. The summed E-state index contributed by atoms with van der Waals surface area (Å²) in [6.45, 7) is 2.35. The van der Waals surface area contributed by atoms with E-state index in [1.54, 1.807) is 7.11 Å². The molecular weight excluding hydrogens is 270 g/mol. The van der Waals surface area contributed by atoms with Crippen LogP contribution in [-0.4, -0.2) is 18.6 Å². The maximum absolute atomic E-state index is 11.3. The highest BCUT2D eigenvalue weighted by Crippen LogP contribution is 2.36. The average Bonchev–Trinajstić information content (AvgIpc) is 2.83. The van der Waals surface area contributed by atoms with Crippen LogP contribution >= 0.6 is 0 Å². The van der Waals surface area contributed by atoms with Gasteiger partial charge in [0.1, 0.15) is 11.2 Å². The van der Waals surface area contributed by atoms with Crippen molar-refractivity contribution >= 4 is 27.6 Å². The zero-order chi connectivity index (χ0) is 15.0. The summed E-state index contributed by atoms with van der Waals surface area (Å²) in [4.78, 5) is 10.9. The molecule has 0 aliphatic rings. The van der Waals surface area contributed by atoms with E-state index in [0.717, 1.165) is 16.4 Å². The van der Waals surface area contributed by atoms with Crippen LogP contribution in [0.5, 0.6) is 0 Å². The predicted molar refractivity (Wildman–Crippen MR) is 80.7 cm³/mol. The van der Waals surface area contributed by atoms with Crippen molar-refractivity contribution in [2.45, 2.75) is 12.8 Å². The van der Waals surface area contributed by atoms with Gasteiger partial charge in [-0.2, -0.15) is 0 Å². The van der Waals surface area contributed by atoms with Crippen molar-refractivity contribution in [2.75, 3.05) is 13.7 Å². The summed E-state index contributed by atoms with van der Waals surface area (Å²) in [6.07, 6.45) is 0. The maximum atomic E-state index is 11.3. The molecule has 1 aromatic heterocycles. The molecule has 0 saturated heterocycles. The van der Waals surface area contributed by atoms with Crippen LogP contribution in [0.15, 0.2) is 40.8 Å². The summed E-state index contributed by atoms with van der Waals surface area (Å²) in [7, 11) is 1.59. The Morgan fingerprint density at radius 2 is 2.00 bits per heavy atom. The topological polar surface area (TPSA) is 65.5 Å². The zero-order valence-corrected chi connectivity index (χ0v) is 11.8. The summed E-state index contributed by atoms with van der Waals surface area (Å²) in [5.74, 6) is -0.0616. The van der Waals surface area contributed by atoms with Crippen LogP contribution in [0.25, 0.3) is 21.9 Å². The lowest BCUT2D eigenvalue weighted by molar-refractivity contribution is -0.385. The number of furan rings is 1. The lowest BCUT2D eigenvalue weighted by Crippen LogP contribution is -2.05. The first-order valence-electron chi connectivity index (χ1n) is 6.70. The number of fused-ring (bicyclic) bond motifs is 3. The third kappa shape index (κ3) is 2.25. The Morgan fingerprint density at radius 3 is 2.71 bits per heavy atom. The number of nitro benzene ring substituents is 1. The van der Waals surface area contributed by atoms with Crippen LogP contribution < -0.4 is 0 Å². The van der Waals surface area contributed by atoms with Crippen LogP contribution in [-0.2, 0) is 4.74 Å². The Balaban J connectivity index is 2.30. The summed E-state index contributed by atoms with van der Waals surface area (Å²) >= 11 is 0. The van der Waals surface area contributed by atoms with E-state index >= 15 is 0 Å². The van der Waals surface area contributed by atoms with Crippen LogP contribution in [0.1, 0.15) is 18.4 Å². The fraction of sp³-hybridized carbons (Fsp3) is 0.250. The fourth-order valence-corrected chi connectivity index (χ4v) is 2.67. The van der Waals surface area contributed by atoms with Crippen molar-refractivity contribution < 1.29 is 14.1 Å². The van der Waals surface area contributed by atoms with Crippen molar-refractivity contribution in [3.8, 4) is 0 Å². The molecule has 0 aliphatic heterocycles. The third-order valence-electron chi connectivity index (χ3n) is 3.67. The standard InChI is InChI=1S/C16H15NO4/c1-10(9-20-2)12-7-13-11-5-3-4-6-15(11)21-16(13)8-14(12)17(18)19/h3-8,10H,9H2,1-2H3. The van der Waals surface area contributed by atoms with Crippen LogP contribution in [0, 0.1) is 10.1 Å². The van der Waals surface area contributed by atoms with E-state index in [4.69, 9.17) is 9.15 Å². The normalized spacial score (nSPS) is 12.9. The first-order chi connectivity index (χ1) is 10.1. The molecule has 0 N–H and O–H groups in total. The Hall–Kier alpha value is -2.40. The number of hydrogen-bond donors (Lipinski definition) is 0. The van der Waals surface area contributed by atoms with Crippen molar-refractivity contribution in [1.82, 2.24) is 0 Å². The first kappa shape index (κ1) is 13.6. The molecule has 5 nitrogen and oxygen atoms in total. The number of para-hydroxylation sites is 1. The van der Waals surface area contributed by atoms with Gasteiger partial charge in [0.25, 0.3) is 5.69 Å². The van der Waals surface area contributed by atoms with Gasteiger partial charge >= 0.3 is 0 Å². The van der Waals surface area contributed by atoms with Crippen molar-refractivity contribution in [3.63, 3.8) is 0 Å². The molecule has 1 atom stereocenters. The summed E-state index contributed by atoms with van der Waals surface area (Å²) in [5.41, 5.74) is 2.02. The lowest BCUT2D eigenvalue weighted by atomic mass is 9.97. The second-order valence-electron chi connectivity index (χ2n) is 5.12. The Morgan fingerprint density at radius 1 is 1.24 bits per heavy atom. The molecule has 0 spiro atoms. The smallest absolute Gasteiger partial charge is 0.276 e. The number of benzene rings is 2. The van der Waals surface area contributed by atoms with Gasteiger partial charge in [-0.15, -0.1) is 0 Å². The van der Waals surface area contributed by atoms with Crippen molar-refractivity contribution in [1.29, 1.82) is 0 Å². The number of nitrogens with zero attached hydrogens (tertiary/aromatic N) is 1. The summed E-state index contributed by atoms with van der Waals surface area (Å²) in [6, 6.07) is 11.0. The van der Waals surface area contributed by atoms with Crippen LogP contribution in [0.4, 0.5) is 5.69 Å². The maximum Gasteiger partial charge on any atom is 0.276 e. The van der Waals surface area contributed by atoms with Gasteiger partial charge in [-0.05, 0) is 12.1 Å². The lowest BCUT2D eigenvalue weighted by Gasteiger charge is -2.11. The molecule has 3 rings (SSSR count). The highest BCUT2D eigenvalue weighted by Gasteiger charge is 2.22. The van der Waals surface area contributed by atoms with E-state index in [1.165, 1.54) is 6.07 Å². The second-order valence-corrected chi connectivity index (χ2v) is 5.12. The summed E-state index contributed by atoms with van der Waals surface area (Å²) < 4.78 is 10.8. The number of rotatable bonds is 4. The molecular formula is C16H15NO4. The third-order valence-corrected chi connectivity index (χ3v) is 3.67. The predicted octanol–water partition coefficient (Wildman–Crippen LogP) is 4.24. The SMILES string of the molecule is COCC(C)c1cc2c(cc1[N+](=O)[O-])oc1ccccc12. The van der Waals surface area contributed by atoms with Crippen LogP contribution in [0.3, 0.4) is 0 Å². The highest BCUT2D eigenvalue weighted by atomic mass is 16.6. The largest absolute Gasteiger partial charge is 0.456 e. The van der Waals surface area contributed by atoms with Gasteiger partial charge in [0, 0.05) is 29.4 Å². The molecule has 1 heterocycles. The van der Waals surface area contributed by atoms with E-state index < -0.39 is 0 Å². The van der Waals surface area contributed by atoms with Gasteiger partial charge in [0.2, 0.25) is 0 Å². The van der Waals surface area contributed by atoms with Crippen molar-refractivity contribution in [2.24, 2.45) is 0 Å². The molecule has 0 bridgehead atoms. The molecule has 0 fully saturated rings. The van der Waals surface area contributed by atoms with E-state index in [1.807, 2.05) is 37.3 Å². The van der Waals surface area contributed by atoms with Crippen LogP contribution in [0.2, 0.25) is 0 Å². The van der Waals surface area contributed by atoms with Crippen molar-refractivity contribution in [3.05, 3.63) is 52.1 Å². The number of methoxy groups -OCH3 is 1. The van der Waals surface area contributed by atoms with E-state index in [-0.39, 0.29) is 16.5 Å². The highest BCUT2D eigenvalue weighted by molar-refractivity contribution is 6.05. The molecule has 21 heavy (non-hydrogen) atoms. The van der Waals surface area contributed by atoms with Gasteiger partial charge in [-0.3, -0.25) is 10.1 Å². The molecule has 3 aromatic rings.